The van der Waals surface area contributed by atoms with Crippen LogP contribution in [-0.2, 0) is 6.18 Å². The van der Waals surface area contributed by atoms with Crippen LogP contribution in [0.1, 0.15) is 47.9 Å². The number of thiazole rings is 1. The van der Waals surface area contributed by atoms with Gasteiger partial charge in [0.15, 0.2) is 5.01 Å². The molecule has 0 bridgehead atoms. The Bertz CT molecular complexity index is 375. The molecular formula is C11H15F3N2S. The number of rotatable bonds is 1. The molecule has 0 aromatic carbocycles. The molecule has 2 N–H and O–H groups in total. The lowest BCUT2D eigenvalue weighted by Gasteiger charge is -2.19. The fraction of sp³-hybridized carbons (Fsp3) is 0.727. The van der Waals surface area contributed by atoms with Gasteiger partial charge in [-0.25, -0.2) is 4.98 Å². The van der Waals surface area contributed by atoms with Crippen LogP contribution >= 0.6 is 11.3 Å². The van der Waals surface area contributed by atoms with Crippen LogP contribution in [-0.4, -0.2) is 11.0 Å². The highest BCUT2D eigenvalue weighted by Crippen LogP contribution is 2.38. The largest absolute Gasteiger partial charge is 0.443 e. The lowest BCUT2D eigenvalue weighted by Crippen LogP contribution is -2.26. The molecule has 1 aromatic rings. The zero-order valence-electron chi connectivity index (χ0n) is 9.33. The van der Waals surface area contributed by atoms with Gasteiger partial charge in [-0.15, -0.1) is 11.3 Å². The van der Waals surface area contributed by atoms with Crippen molar-refractivity contribution in [2.24, 2.45) is 5.73 Å². The zero-order valence-corrected chi connectivity index (χ0v) is 10.2. The van der Waals surface area contributed by atoms with Gasteiger partial charge in [-0.1, -0.05) is 19.3 Å². The summed E-state index contributed by atoms with van der Waals surface area (Å²) in [6.07, 6.45) is 2.01. The molecule has 6 heteroatoms. The Morgan fingerprint density at radius 3 is 2.59 bits per heavy atom. The summed E-state index contributed by atoms with van der Waals surface area (Å²) in [4.78, 5) is 4.15. The van der Waals surface area contributed by atoms with E-state index in [1.54, 1.807) is 0 Å². The molecule has 0 spiro atoms. The maximum atomic E-state index is 12.5. The first-order valence-electron chi connectivity index (χ1n) is 5.77. The molecule has 2 rings (SSSR count). The summed E-state index contributed by atoms with van der Waals surface area (Å²) < 4.78 is 37.4. The summed E-state index contributed by atoms with van der Waals surface area (Å²) in [5.41, 5.74) is 6.03. The van der Waals surface area contributed by atoms with Crippen LogP contribution in [0.2, 0.25) is 0 Å². The fourth-order valence-corrected chi connectivity index (χ4v) is 3.27. The Labute approximate surface area is 102 Å². The molecule has 2 atom stereocenters. The van der Waals surface area contributed by atoms with Gasteiger partial charge in [-0.05, 0) is 12.8 Å². The van der Waals surface area contributed by atoms with E-state index < -0.39 is 11.2 Å². The van der Waals surface area contributed by atoms with Crippen molar-refractivity contribution in [3.05, 3.63) is 16.1 Å². The Hall–Kier alpha value is -0.620. The Morgan fingerprint density at radius 2 is 1.94 bits per heavy atom. The van der Waals surface area contributed by atoms with Crippen LogP contribution < -0.4 is 5.73 Å². The van der Waals surface area contributed by atoms with Crippen LogP contribution in [0.15, 0.2) is 6.20 Å². The third-order valence-corrected chi connectivity index (χ3v) is 4.38. The van der Waals surface area contributed by atoms with Gasteiger partial charge >= 0.3 is 6.18 Å². The number of aromatic nitrogens is 1. The predicted octanol–water partition coefficient (Wildman–Crippen LogP) is 3.54. The highest BCUT2D eigenvalue weighted by Gasteiger charge is 2.36. The molecule has 1 aliphatic rings. The number of nitrogens with two attached hydrogens (primary N) is 1. The van der Waals surface area contributed by atoms with Gasteiger partial charge < -0.3 is 5.73 Å². The minimum absolute atomic E-state index is 0.0287. The van der Waals surface area contributed by atoms with Crippen molar-refractivity contribution in [1.29, 1.82) is 0 Å². The van der Waals surface area contributed by atoms with E-state index >= 15 is 0 Å². The quantitative estimate of drug-likeness (QED) is 0.788. The van der Waals surface area contributed by atoms with Crippen molar-refractivity contribution >= 4 is 11.3 Å². The monoisotopic (exact) mass is 264 g/mol. The summed E-state index contributed by atoms with van der Waals surface area (Å²) in [5.74, 6) is 0.0473. The van der Waals surface area contributed by atoms with Crippen LogP contribution in [0.25, 0.3) is 0 Å². The SMILES string of the molecule is NC1CCCCCC1c1cnc(C(F)(F)F)s1. The molecule has 2 unspecified atom stereocenters. The van der Waals surface area contributed by atoms with E-state index in [9.17, 15) is 13.2 Å². The van der Waals surface area contributed by atoms with E-state index in [1.807, 2.05) is 0 Å². The minimum Gasteiger partial charge on any atom is -0.327 e. The first-order valence-corrected chi connectivity index (χ1v) is 6.58. The first-order chi connectivity index (χ1) is 7.98. The molecule has 1 fully saturated rings. The van der Waals surface area contributed by atoms with Crippen LogP contribution in [0.3, 0.4) is 0 Å². The summed E-state index contributed by atoms with van der Waals surface area (Å²) in [6, 6.07) is -0.0287. The van der Waals surface area contributed by atoms with Gasteiger partial charge in [-0.3, -0.25) is 0 Å². The zero-order chi connectivity index (χ0) is 12.5. The summed E-state index contributed by atoms with van der Waals surface area (Å²) in [6.45, 7) is 0. The summed E-state index contributed by atoms with van der Waals surface area (Å²) >= 11 is 0.743. The van der Waals surface area contributed by atoms with Crippen molar-refractivity contribution in [3.8, 4) is 0 Å². The maximum absolute atomic E-state index is 12.5. The number of alkyl halides is 3. The third kappa shape index (κ3) is 2.98. The van der Waals surface area contributed by atoms with E-state index in [0.717, 1.165) is 43.4 Å². The van der Waals surface area contributed by atoms with Gasteiger partial charge in [0, 0.05) is 23.0 Å². The van der Waals surface area contributed by atoms with Crippen molar-refractivity contribution in [3.63, 3.8) is 0 Å². The van der Waals surface area contributed by atoms with E-state index in [2.05, 4.69) is 4.98 Å². The molecular weight excluding hydrogens is 249 g/mol. The normalized spacial score (nSPS) is 26.8. The smallest absolute Gasteiger partial charge is 0.327 e. The molecule has 96 valence electrons. The Balaban J connectivity index is 2.18. The van der Waals surface area contributed by atoms with Crippen molar-refractivity contribution in [2.45, 2.75) is 50.2 Å². The van der Waals surface area contributed by atoms with Gasteiger partial charge in [0.25, 0.3) is 0 Å². The van der Waals surface area contributed by atoms with Gasteiger partial charge in [0.1, 0.15) is 0 Å². The van der Waals surface area contributed by atoms with Crippen molar-refractivity contribution in [1.82, 2.24) is 4.98 Å². The van der Waals surface area contributed by atoms with Crippen LogP contribution in [0, 0.1) is 0 Å². The molecule has 0 aliphatic heterocycles. The highest BCUT2D eigenvalue weighted by molar-refractivity contribution is 7.11. The van der Waals surface area contributed by atoms with Crippen molar-refractivity contribution < 1.29 is 13.2 Å². The molecule has 0 saturated heterocycles. The Morgan fingerprint density at radius 1 is 1.24 bits per heavy atom. The van der Waals surface area contributed by atoms with E-state index in [4.69, 9.17) is 5.73 Å². The molecule has 0 radical (unpaired) electrons. The fourth-order valence-electron chi connectivity index (χ4n) is 2.28. The van der Waals surface area contributed by atoms with Gasteiger partial charge in [-0.2, -0.15) is 13.2 Å². The standard InChI is InChI=1S/C11H15F3N2S/c12-11(13,14)10-16-6-9(17-10)7-4-2-1-3-5-8(7)15/h6-8H,1-5,15H2. The molecule has 1 aliphatic carbocycles. The number of hydrogen-bond acceptors (Lipinski definition) is 3. The molecule has 2 nitrogen and oxygen atoms in total. The summed E-state index contributed by atoms with van der Waals surface area (Å²) in [7, 11) is 0. The predicted molar refractivity (Wildman–Crippen MR) is 60.9 cm³/mol. The third-order valence-electron chi connectivity index (χ3n) is 3.20. The number of nitrogens with zero attached hydrogens (tertiary/aromatic N) is 1. The van der Waals surface area contributed by atoms with E-state index in [1.165, 1.54) is 6.20 Å². The van der Waals surface area contributed by atoms with Crippen LogP contribution in [0.4, 0.5) is 13.2 Å². The van der Waals surface area contributed by atoms with Crippen LogP contribution in [0.5, 0.6) is 0 Å². The average molecular weight is 264 g/mol. The first kappa shape index (κ1) is 12.8. The number of halogens is 3. The molecule has 1 saturated carbocycles. The minimum atomic E-state index is -4.34. The average Bonchev–Trinajstić information content (AvgIpc) is 2.63. The van der Waals surface area contributed by atoms with E-state index in [0.29, 0.717) is 4.88 Å². The number of hydrogen-bond donors (Lipinski definition) is 1. The second kappa shape index (κ2) is 4.94. The lowest BCUT2D eigenvalue weighted by atomic mass is 9.94. The second-order valence-corrected chi connectivity index (χ2v) is 5.54. The molecule has 0 amide bonds. The molecule has 1 heterocycles. The highest BCUT2D eigenvalue weighted by atomic mass is 32.1. The lowest BCUT2D eigenvalue weighted by molar-refractivity contribution is -0.137. The Kier molecular flexibility index (Phi) is 3.73. The molecule has 17 heavy (non-hydrogen) atoms. The van der Waals surface area contributed by atoms with E-state index in [-0.39, 0.29) is 12.0 Å². The van der Waals surface area contributed by atoms with Crippen molar-refractivity contribution in [2.75, 3.05) is 0 Å². The van der Waals surface area contributed by atoms with Gasteiger partial charge in [0.05, 0.1) is 0 Å². The maximum Gasteiger partial charge on any atom is 0.443 e. The second-order valence-electron chi connectivity index (χ2n) is 4.47. The summed E-state index contributed by atoms with van der Waals surface area (Å²) in [5, 5.41) is -0.760. The van der Waals surface area contributed by atoms with Gasteiger partial charge in [0.2, 0.25) is 0 Å². The molecule has 1 aromatic heterocycles. The topological polar surface area (TPSA) is 38.9 Å².